The van der Waals surface area contributed by atoms with Crippen LogP contribution in [-0.2, 0) is 17.6 Å². The fourth-order valence-corrected chi connectivity index (χ4v) is 3.44. The number of phenolic OH excluding ortho intramolecular Hbond substituents is 1. The number of phenols is 1. The first-order valence-electron chi connectivity index (χ1n) is 9.45. The lowest BCUT2D eigenvalue weighted by atomic mass is 10.0. The van der Waals surface area contributed by atoms with Gasteiger partial charge >= 0.3 is 5.97 Å². The molecule has 6 nitrogen and oxygen atoms in total. The van der Waals surface area contributed by atoms with E-state index >= 15 is 0 Å². The molecule has 0 saturated carbocycles. The fourth-order valence-electron chi connectivity index (χ4n) is 2.90. The van der Waals surface area contributed by atoms with E-state index in [0.29, 0.717) is 58.7 Å². The average molecular weight is 465 g/mol. The fraction of sp³-hybridized carbons (Fsp3) is 0.364. The number of carboxylic acids is 1. The molecule has 156 valence electrons. The number of hydrogen-bond acceptors (Lipinski definition) is 5. The second kappa shape index (κ2) is 10.9. The molecule has 0 aliphatic carbocycles. The molecule has 0 heterocycles. The van der Waals surface area contributed by atoms with Crippen LogP contribution in [0.1, 0.15) is 48.2 Å². The highest BCUT2D eigenvalue weighted by molar-refractivity contribution is 9.10. The Morgan fingerprint density at radius 2 is 1.72 bits per heavy atom. The maximum Gasteiger partial charge on any atom is 0.307 e. The summed E-state index contributed by atoms with van der Waals surface area (Å²) >= 11 is 3.39. The Morgan fingerprint density at radius 3 is 2.31 bits per heavy atom. The first-order valence-corrected chi connectivity index (χ1v) is 10.2. The molecule has 2 rings (SSSR count). The molecule has 2 aromatic rings. The molecule has 0 aliphatic heterocycles. The molecule has 0 aromatic heterocycles. The molecule has 0 fully saturated rings. The number of ether oxygens (including phenoxy) is 2. The molecular weight excluding hydrogens is 440 g/mol. The van der Waals surface area contributed by atoms with Crippen molar-refractivity contribution in [2.45, 2.75) is 39.5 Å². The first-order chi connectivity index (χ1) is 13.8. The summed E-state index contributed by atoms with van der Waals surface area (Å²) in [6, 6.07) is 8.50. The van der Waals surface area contributed by atoms with Crippen LogP contribution in [0.3, 0.4) is 0 Å². The van der Waals surface area contributed by atoms with Crippen LogP contribution in [0.5, 0.6) is 17.2 Å². The minimum atomic E-state index is -0.882. The number of carbonyl (C=O) groups is 2. The predicted octanol–water partition coefficient (Wildman–Crippen LogP) is 4.78. The lowest BCUT2D eigenvalue weighted by Gasteiger charge is -2.15. The van der Waals surface area contributed by atoms with Gasteiger partial charge in [0.05, 0.1) is 29.7 Å². The van der Waals surface area contributed by atoms with E-state index < -0.39 is 5.97 Å². The topological polar surface area (TPSA) is 93.1 Å². The van der Waals surface area contributed by atoms with Gasteiger partial charge in [-0.25, -0.2) is 0 Å². The number of Topliss-reactive ketones (excluding diaryl/α,β-unsaturated/α-hetero) is 1. The standard InChI is InChI=1S/C22H25BrO6/c1-3-5-17-19(9-7-16(14(2)24)22(17)27)28-10-4-11-29-20-8-6-15(12-18(20)23)13-21(25)26/h6-9,12,27H,3-5,10-11,13H2,1-2H3,(H,25,26). The maximum atomic E-state index is 11.6. The number of carbonyl (C=O) groups excluding carboxylic acids is 1. The summed E-state index contributed by atoms with van der Waals surface area (Å²) in [4.78, 5) is 22.4. The third kappa shape index (κ3) is 6.49. The second-order valence-corrected chi connectivity index (χ2v) is 7.48. The van der Waals surface area contributed by atoms with Crippen molar-refractivity contribution in [3.8, 4) is 17.2 Å². The van der Waals surface area contributed by atoms with E-state index in [1.807, 2.05) is 6.92 Å². The molecule has 0 saturated heterocycles. The summed E-state index contributed by atoms with van der Waals surface area (Å²) < 4.78 is 12.2. The zero-order valence-electron chi connectivity index (χ0n) is 16.5. The number of benzene rings is 2. The molecule has 2 aromatic carbocycles. The highest BCUT2D eigenvalue weighted by atomic mass is 79.9. The monoisotopic (exact) mass is 464 g/mol. The van der Waals surface area contributed by atoms with Gasteiger partial charge in [0.2, 0.25) is 0 Å². The van der Waals surface area contributed by atoms with Gasteiger partial charge in [-0.1, -0.05) is 19.4 Å². The van der Waals surface area contributed by atoms with Crippen molar-refractivity contribution in [3.05, 3.63) is 51.5 Å². The molecular formula is C22H25BrO6. The van der Waals surface area contributed by atoms with Gasteiger partial charge < -0.3 is 19.7 Å². The number of ketones is 1. The molecule has 29 heavy (non-hydrogen) atoms. The smallest absolute Gasteiger partial charge is 0.307 e. The molecule has 2 N–H and O–H groups in total. The van der Waals surface area contributed by atoms with Crippen molar-refractivity contribution in [1.82, 2.24) is 0 Å². The molecule has 7 heteroatoms. The minimum absolute atomic E-state index is 0.00141. The Kier molecular flexibility index (Phi) is 8.51. The highest BCUT2D eigenvalue weighted by Gasteiger charge is 2.15. The molecule has 0 aliphatic rings. The lowest BCUT2D eigenvalue weighted by molar-refractivity contribution is -0.136. The van der Waals surface area contributed by atoms with Gasteiger partial charge in [-0.15, -0.1) is 0 Å². The van der Waals surface area contributed by atoms with Gasteiger partial charge in [-0.3, -0.25) is 9.59 Å². The van der Waals surface area contributed by atoms with E-state index in [-0.39, 0.29) is 18.0 Å². The summed E-state index contributed by atoms with van der Waals surface area (Å²) in [6.45, 7) is 4.23. The summed E-state index contributed by atoms with van der Waals surface area (Å²) in [7, 11) is 0. The van der Waals surface area contributed by atoms with Crippen molar-refractivity contribution in [2.75, 3.05) is 13.2 Å². The van der Waals surface area contributed by atoms with Crippen LogP contribution in [0.2, 0.25) is 0 Å². The van der Waals surface area contributed by atoms with Crippen molar-refractivity contribution in [1.29, 1.82) is 0 Å². The summed E-state index contributed by atoms with van der Waals surface area (Å²) in [5.41, 5.74) is 1.65. The second-order valence-electron chi connectivity index (χ2n) is 6.63. The third-order valence-electron chi connectivity index (χ3n) is 4.27. The predicted molar refractivity (Wildman–Crippen MR) is 113 cm³/mol. The minimum Gasteiger partial charge on any atom is -0.507 e. The van der Waals surface area contributed by atoms with E-state index in [2.05, 4.69) is 15.9 Å². The SMILES string of the molecule is CCCc1c(OCCCOc2ccc(CC(=O)O)cc2Br)ccc(C(C)=O)c1O. The molecule has 0 radical (unpaired) electrons. The Balaban J connectivity index is 1.90. The number of carboxylic acid groups (broad SMARTS) is 1. The third-order valence-corrected chi connectivity index (χ3v) is 4.89. The summed E-state index contributed by atoms with van der Waals surface area (Å²) in [5, 5.41) is 19.2. The van der Waals surface area contributed by atoms with Crippen LogP contribution >= 0.6 is 15.9 Å². The van der Waals surface area contributed by atoms with Crippen molar-refractivity contribution in [2.24, 2.45) is 0 Å². The lowest BCUT2D eigenvalue weighted by Crippen LogP contribution is -2.07. The van der Waals surface area contributed by atoms with E-state index in [4.69, 9.17) is 14.6 Å². The molecule has 0 amide bonds. The van der Waals surface area contributed by atoms with Gasteiger partial charge in [0.15, 0.2) is 5.78 Å². The van der Waals surface area contributed by atoms with E-state index in [0.717, 1.165) is 6.42 Å². The maximum absolute atomic E-state index is 11.6. The Hall–Kier alpha value is -2.54. The normalized spacial score (nSPS) is 10.6. The zero-order valence-corrected chi connectivity index (χ0v) is 18.1. The van der Waals surface area contributed by atoms with Crippen LogP contribution in [0.15, 0.2) is 34.8 Å². The van der Waals surface area contributed by atoms with Gasteiger partial charge in [0.25, 0.3) is 0 Å². The average Bonchev–Trinajstić information content (AvgIpc) is 2.64. The number of aromatic hydroxyl groups is 1. The first kappa shape index (κ1) is 22.7. The van der Waals surface area contributed by atoms with E-state index in [1.165, 1.54) is 6.92 Å². The van der Waals surface area contributed by atoms with E-state index in [9.17, 15) is 14.7 Å². The molecule has 0 unspecified atom stereocenters. The van der Waals surface area contributed by atoms with Crippen LogP contribution in [-0.4, -0.2) is 35.2 Å². The Morgan fingerprint density at radius 1 is 1.07 bits per heavy atom. The van der Waals surface area contributed by atoms with Crippen molar-refractivity contribution in [3.63, 3.8) is 0 Å². The summed E-state index contributed by atoms with van der Waals surface area (Å²) in [6.07, 6.45) is 2.01. The number of hydrogen-bond donors (Lipinski definition) is 2. The van der Waals surface area contributed by atoms with Gasteiger partial charge in [0, 0.05) is 12.0 Å². The van der Waals surface area contributed by atoms with Crippen molar-refractivity contribution < 1.29 is 29.3 Å². The molecule has 0 atom stereocenters. The number of rotatable bonds is 11. The Labute approximate surface area is 178 Å². The van der Waals surface area contributed by atoms with Crippen LogP contribution in [0.25, 0.3) is 0 Å². The van der Waals surface area contributed by atoms with Crippen LogP contribution < -0.4 is 9.47 Å². The quantitative estimate of drug-likeness (QED) is 0.366. The number of aliphatic carboxylic acids is 1. The highest BCUT2D eigenvalue weighted by Crippen LogP contribution is 2.33. The number of halogens is 1. The van der Waals surface area contributed by atoms with Crippen LogP contribution in [0, 0.1) is 0 Å². The zero-order chi connectivity index (χ0) is 21.4. The van der Waals surface area contributed by atoms with Gasteiger partial charge in [-0.2, -0.15) is 0 Å². The summed E-state index contributed by atoms with van der Waals surface area (Å²) in [5.74, 6) is 0.147. The van der Waals surface area contributed by atoms with Crippen molar-refractivity contribution >= 4 is 27.7 Å². The van der Waals surface area contributed by atoms with Crippen LogP contribution in [0.4, 0.5) is 0 Å². The van der Waals surface area contributed by atoms with Gasteiger partial charge in [-0.05, 0) is 59.1 Å². The Bertz CT molecular complexity index is 878. The largest absolute Gasteiger partial charge is 0.507 e. The van der Waals surface area contributed by atoms with E-state index in [1.54, 1.807) is 30.3 Å². The molecule has 0 spiro atoms. The molecule has 0 bridgehead atoms. The van der Waals surface area contributed by atoms with Gasteiger partial charge in [0.1, 0.15) is 17.2 Å².